The van der Waals surface area contributed by atoms with Crippen LogP contribution in [-0.4, -0.2) is 41.1 Å². The van der Waals surface area contributed by atoms with Gasteiger partial charge in [-0.3, -0.25) is 4.90 Å². The van der Waals surface area contributed by atoms with Gasteiger partial charge in [-0.2, -0.15) is 0 Å². The second-order valence-electron chi connectivity index (χ2n) is 7.46. The van der Waals surface area contributed by atoms with Gasteiger partial charge in [-0.1, -0.05) is 54.6 Å². The molecule has 2 aromatic rings. The molecular weight excluding hydrogens is 475 g/mol. The van der Waals surface area contributed by atoms with Crippen LogP contribution >= 0.6 is 24.0 Å². The van der Waals surface area contributed by atoms with Crippen molar-refractivity contribution in [2.75, 3.05) is 13.1 Å². The predicted molar refractivity (Wildman–Crippen MR) is 130 cm³/mol. The Balaban J connectivity index is 0.00000300. The van der Waals surface area contributed by atoms with Gasteiger partial charge in [-0.05, 0) is 37.0 Å². The molecule has 1 aliphatic heterocycles. The van der Waals surface area contributed by atoms with Crippen LogP contribution in [0.1, 0.15) is 37.0 Å². The summed E-state index contributed by atoms with van der Waals surface area (Å²) in [6, 6.07) is 19.5. The molecule has 0 saturated carbocycles. The zero-order valence-electron chi connectivity index (χ0n) is 17.3. The predicted octanol–water partition coefficient (Wildman–Crippen LogP) is 3.52. The molecule has 0 radical (unpaired) electrons. The van der Waals surface area contributed by atoms with Gasteiger partial charge in [-0.25, -0.2) is 4.99 Å². The Morgan fingerprint density at radius 1 is 1.10 bits per heavy atom. The van der Waals surface area contributed by atoms with E-state index in [9.17, 15) is 5.11 Å². The van der Waals surface area contributed by atoms with Crippen LogP contribution in [0.15, 0.2) is 59.6 Å². The number of aliphatic hydroxyl groups excluding tert-OH is 1. The molecule has 0 aliphatic carbocycles. The van der Waals surface area contributed by atoms with Crippen LogP contribution in [0.25, 0.3) is 0 Å². The van der Waals surface area contributed by atoms with Crippen molar-refractivity contribution < 1.29 is 5.11 Å². The molecule has 2 unspecified atom stereocenters. The molecule has 2 atom stereocenters. The molecule has 1 fully saturated rings. The third kappa shape index (κ3) is 6.97. The third-order valence-corrected chi connectivity index (χ3v) is 5.31. The summed E-state index contributed by atoms with van der Waals surface area (Å²) in [4.78, 5) is 7.28. The Bertz CT molecular complexity index is 768. The van der Waals surface area contributed by atoms with Crippen molar-refractivity contribution in [1.82, 2.24) is 15.5 Å². The standard InChI is InChI=1S/C23H32N4O.HI/c1-3-24-23(25-14-20-11-7-8-12-21(20)17-28)26-22-13-18(2)27(16-22)15-19-9-5-4-6-10-19;/h4-12,18,22,28H,3,13-17H2,1-2H3,(H2,24,25,26);1H. The van der Waals surface area contributed by atoms with Crippen LogP contribution < -0.4 is 10.6 Å². The van der Waals surface area contributed by atoms with E-state index in [4.69, 9.17) is 4.99 Å². The van der Waals surface area contributed by atoms with Gasteiger partial charge >= 0.3 is 0 Å². The summed E-state index contributed by atoms with van der Waals surface area (Å²) in [5, 5.41) is 16.5. The summed E-state index contributed by atoms with van der Waals surface area (Å²) in [5.74, 6) is 0.842. The third-order valence-electron chi connectivity index (χ3n) is 5.31. The highest BCUT2D eigenvalue weighted by Gasteiger charge is 2.29. The fourth-order valence-corrected chi connectivity index (χ4v) is 3.78. The lowest BCUT2D eigenvalue weighted by atomic mass is 10.1. The lowest BCUT2D eigenvalue weighted by Crippen LogP contribution is -2.44. The first kappa shape index (κ1) is 23.6. The SMILES string of the molecule is CCNC(=NCc1ccccc1CO)NC1CC(C)N(Cc2ccccc2)C1.I. The Morgan fingerprint density at radius 2 is 1.79 bits per heavy atom. The Kier molecular flexibility index (Phi) is 9.90. The lowest BCUT2D eigenvalue weighted by Gasteiger charge is -2.21. The molecule has 158 valence electrons. The van der Waals surface area contributed by atoms with Gasteiger partial charge in [0.25, 0.3) is 0 Å². The Hall–Kier alpha value is -1.64. The van der Waals surface area contributed by atoms with E-state index in [0.717, 1.165) is 43.1 Å². The van der Waals surface area contributed by atoms with Gasteiger partial charge in [0.05, 0.1) is 13.2 Å². The second kappa shape index (κ2) is 12.1. The minimum absolute atomic E-state index is 0. The van der Waals surface area contributed by atoms with E-state index in [1.807, 2.05) is 24.3 Å². The van der Waals surface area contributed by atoms with Crippen LogP contribution in [0.4, 0.5) is 0 Å². The molecule has 0 spiro atoms. The first-order valence-corrected chi connectivity index (χ1v) is 10.2. The summed E-state index contributed by atoms with van der Waals surface area (Å²) in [6.45, 7) is 7.80. The molecular formula is C23H33IN4O. The number of nitrogens with one attached hydrogen (secondary N) is 2. The van der Waals surface area contributed by atoms with E-state index in [1.165, 1.54) is 5.56 Å². The number of nitrogens with zero attached hydrogens (tertiary/aromatic N) is 2. The summed E-state index contributed by atoms with van der Waals surface area (Å²) >= 11 is 0. The first-order chi connectivity index (χ1) is 13.7. The fraction of sp³-hybridized carbons (Fsp3) is 0.435. The number of aliphatic hydroxyl groups is 1. The van der Waals surface area contributed by atoms with Gasteiger partial charge in [0.1, 0.15) is 0 Å². The van der Waals surface area contributed by atoms with Crippen molar-refractivity contribution in [2.45, 2.75) is 52.0 Å². The van der Waals surface area contributed by atoms with E-state index >= 15 is 0 Å². The normalized spacial score (nSPS) is 19.6. The molecule has 0 amide bonds. The number of benzene rings is 2. The van der Waals surface area contributed by atoms with E-state index in [2.05, 4.69) is 59.7 Å². The van der Waals surface area contributed by atoms with Crippen molar-refractivity contribution in [3.05, 3.63) is 71.3 Å². The van der Waals surface area contributed by atoms with Gasteiger partial charge < -0.3 is 15.7 Å². The molecule has 3 rings (SSSR count). The average molecular weight is 508 g/mol. The molecule has 0 bridgehead atoms. The van der Waals surface area contributed by atoms with Crippen molar-refractivity contribution in [3.8, 4) is 0 Å². The smallest absolute Gasteiger partial charge is 0.191 e. The summed E-state index contributed by atoms with van der Waals surface area (Å²) in [5.41, 5.74) is 3.36. The molecule has 29 heavy (non-hydrogen) atoms. The van der Waals surface area contributed by atoms with E-state index in [-0.39, 0.29) is 30.6 Å². The topological polar surface area (TPSA) is 59.9 Å². The minimum atomic E-state index is 0. The van der Waals surface area contributed by atoms with E-state index in [1.54, 1.807) is 0 Å². The Morgan fingerprint density at radius 3 is 2.48 bits per heavy atom. The van der Waals surface area contributed by atoms with Crippen molar-refractivity contribution in [3.63, 3.8) is 0 Å². The Labute approximate surface area is 191 Å². The highest BCUT2D eigenvalue weighted by molar-refractivity contribution is 14.0. The van der Waals surface area contributed by atoms with Gasteiger partial charge in [0, 0.05) is 31.7 Å². The van der Waals surface area contributed by atoms with Crippen LogP contribution in [0.5, 0.6) is 0 Å². The largest absolute Gasteiger partial charge is 0.392 e. The number of aliphatic imine (C=N–C) groups is 1. The number of hydrogen-bond donors (Lipinski definition) is 3. The maximum Gasteiger partial charge on any atom is 0.191 e. The number of likely N-dealkylation sites (tertiary alicyclic amines) is 1. The van der Waals surface area contributed by atoms with Crippen LogP contribution in [0.3, 0.4) is 0 Å². The summed E-state index contributed by atoms with van der Waals surface area (Å²) < 4.78 is 0. The van der Waals surface area contributed by atoms with E-state index < -0.39 is 0 Å². The van der Waals surface area contributed by atoms with Crippen molar-refractivity contribution in [1.29, 1.82) is 0 Å². The van der Waals surface area contributed by atoms with Gasteiger partial charge in [0.2, 0.25) is 0 Å². The highest BCUT2D eigenvalue weighted by atomic mass is 127. The molecule has 1 aliphatic rings. The molecule has 1 heterocycles. The number of rotatable bonds is 7. The summed E-state index contributed by atoms with van der Waals surface area (Å²) in [7, 11) is 0. The molecule has 3 N–H and O–H groups in total. The summed E-state index contributed by atoms with van der Waals surface area (Å²) in [6.07, 6.45) is 1.10. The van der Waals surface area contributed by atoms with Gasteiger partial charge in [-0.15, -0.1) is 24.0 Å². The number of halogens is 1. The van der Waals surface area contributed by atoms with Crippen LogP contribution in [0.2, 0.25) is 0 Å². The zero-order chi connectivity index (χ0) is 19.8. The molecule has 1 saturated heterocycles. The highest BCUT2D eigenvalue weighted by Crippen LogP contribution is 2.20. The maximum absolute atomic E-state index is 9.51. The second-order valence-corrected chi connectivity index (χ2v) is 7.46. The molecule has 2 aromatic carbocycles. The van der Waals surface area contributed by atoms with Crippen molar-refractivity contribution in [2.24, 2.45) is 4.99 Å². The van der Waals surface area contributed by atoms with Crippen LogP contribution in [-0.2, 0) is 19.7 Å². The number of hydrogen-bond acceptors (Lipinski definition) is 3. The zero-order valence-corrected chi connectivity index (χ0v) is 19.7. The molecule has 0 aromatic heterocycles. The fourth-order valence-electron chi connectivity index (χ4n) is 3.78. The van der Waals surface area contributed by atoms with Gasteiger partial charge in [0.15, 0.2) is 5.96 Å². The molecule has 5 nitrogen and oxygen atoms in total. The first-order valence-electron chi connectivity index (χ1n) is 10.2. The average Bonchev–Trinajstić information content (AvgIpc) is 3.06. The monoisotopic (exact) mass is 508 g/mol. The van der Waals surface area contributed by atoms with E-state index in [0.29, 0.717) is 18.6 Å². The lowest BCUT2D eigenvalue weighted by molar-refractivity contribution is 0.258. The van der Waals surface area contributed by atoms with Crippen LogP contribution in [0, 0.1) is 0 Å². The maximum atomic E-state index is 9.51. The molecule has 6 heteroatoms. The van der Waals surface area contributed by atoms with Crippen molar-refractivity contribution >= 4 is 29.9 Å². The quantitative estimate of drug-likeness (QED) is 0.305. The minimum Gasteiger partial charge on any atom is -0.392 e. The number of guanidine groups is 1.